The van der Waals surface area contributed by atoms with Crippen molar-refractivity contribution in [3.63, 3.8) is 0 Å². The van der Waals surface area contributed by atoms with Crippen molar-refractivity contribution in [1.82, 2.24) is 0 Å². The number of fused-ring (bicyclic) bond motifs is 6. The summed E-state index contributed by atoms with van der Waals surface area (Å²) in [6.07, 6.45) is -1.51. The smallest absolute Gasteiger partial charge is 0.330 e. The molecule has 4 N–H and O–H groups in total. The number of carbonyl (C=O) groups excluding carboxylic acids is 4. The molecule has 54 heavy (non-hydrogen) atoms. The molecule has 0 aliphatic carbocycles. The van der Waals surface area contributed by atoms with Gasteiger partial charge in [0.25, 0.3) is 0 Å². The summed E-state index contributed by atoms with van der Waals surface area (Å²) in [7, 11) is 2.51. The molecule has 0 aromatic heterocycles. The van der Waals surface area contributed by atoms with Gasteiger partial charge in [-0.25, -0.2) is 9.59 Å². The molecule has 6 bridgehead atoms. The second-order valence-electron chi connectivity index (χ2n) is 16.2. The van der Waals surface area contributed by atoms with Gasteiger partial charge in [-0.3, -0.25) is 9.59 Å². The minimum atomic E-state index is -1.98. The molecule has 4 aliphatic heterocycles. The van der Waals surface area contributed by atoms with Crippen LogP contribution in [0.2, 0.25) is 0 Å². The highest BCUT2D eigenvalue weighted by Crippen LogP contribution is 2.50. The molecule has 0 aromatic rings. The fourth-order valence-corrected chi connectivity index (χ4v) is 7.73. The predicted octanol–water partition coefficient (Wildman–Crippen LogP) is 2.85. The van der Waals surface area contributed by atoms with E-state index in [2.05, 4.69) is 0 Å². The first kappa shape index (κ1) is 43.5. The Morgan fingerprint density at radius 3 is 2.09 bits per heavy atom. The van der Waals surface area contributed by atoms with E-state index >= 15 is 0 Å². The summed E-state index contributed by atoms with van der Waals surface area (Å²) in [5, 5.41) is 46.3. The largest absolute Gasteiger partial charge is 0.466 e. The zero-order valence-corrected chi connectivity index (χ0v) is 32.6. The van der Waals surface area contributed by atoms with E-state index in [9.17, 15) is 39.6 Å². The van der Waals surface area contributed by atoms with Crippen LogP contribution in [0.1, 0.15) is 99.3 Å². The third-order valence-corrected chi connectivity index (χ3v) is 11.1. The third kappa shape index (κ3) is 10.6. The Hall–Kier alpha value is -3.18. The SMILES string of the molecule is COC(=O)/C=C1/C[C@H]2C[C@]3(O)O[C@H](C[C@@H](O)CC(=O)O[C@@H]([C@@H](C)O)C[C@@H]4C/C(=C\C(=O)OC)C[C@@](O)(O4)C(C)(C)/C=C\[C@@H](C1)O2)C[C@H](OC(C)=O)C3(C)C. The van der Waals surface area contributed by atoms with Crippen LogP contribution < -0.4 is 0 Å². The average molecular weight is 767 g/mol. The first-order chi connectivity index (χ1) is 25.1. The van der Waals surface area contributed by atoms with Gasteiger partial charge in [-0.2, -0.15) is 0 Å². The molecule has 4 heterocycles. The molecule has 0 radical (unpaired) electrons. The maximum absolute atomic E-state index is 13.2. The molecule has 10 atom stereocenters. The van der Waals surface area contributed by atoms with Gasteiger partial charge >= 0.3 is 23.9 Å². The van der Waals surface area contributed by atoms with Crippen molar-refractivity contribution in [3.8, 4) is 0 Å². The molecule has 0 unspecified atom stereocenters. The van der Waals surface area contributed by atoms with Gasteiger partial charge in [0.1, 0.15) is 12.2 Å². The number of hydrogen-bond donors (Lipinski definition) is 4. The molecule has 3 fully saturated rings. The number of rotatable bonds is 4. The van der Waals surface area contributed by atoms with E-state index < -0.39 is 102 Å². The Balaban J connectivity index is 1.80. The van der Waals surface area contributed by atoms with Gasteiger partial charge in [-0.1, -0.05) is 51.0 Å². The quantitative estimate of drug-likeness (QED) is 0.140. The number of cyclic esters (lactones) is 1. The van der Waals surface area contributed by atoms with E-state index in [4.69, 9.17) is 33.2 Å². The Morgan fingerprint density at radius 1 is 0.870 bits per heavy atom. The van der Waals surface area contributed by atoms with Crippen molar-refractivity contribution in [3.05, 3.63) is 35.5 Å². The highest BCUT2D eigenvalue weighted by molar-refractivity contribution is 5.83. The minimum Gasteiger partial charge on any atom is -0.466 e. The van der Waals surface area contributed by atoms with Crippen LogP contribution in [0.15, 0.2) is 35.5 Å². The number of carbonyl (C=O) groups is 4. The highest BCUT2D eigenvalue weighted by Gasteiger charge is 2.58. The monoisotopic (exact) mass is 766 g/mol. The molecule has 304 valence electrons. The molecule has 15 nitrogen and oxygen atoms in total. The van der Waals surface area contributed by atoms with Gasteiger partial charge in [0, 0.05) is 56.6 Å². The lowest BCUT2D eigenvalue weighted by Gasteiger charge is -2.53. The zero-order chi connectivity index (χ0) is 40.2. The van der Waals surface area contributed by atoms with Gasteiger partial charge in [0.2, 0.25) is 0 Å². The molecular weight excluding hydrogens is 708 g/mol. The number of hydrogen-bond acceptors (Lipinski definition) is 15. The van der Waals surface area contributed by atoms with E-state index in [1.54, 1.807) is 39.8 Å². The van der Waals surface area contributed by atoms with Crippen LogP contribution in [0, 0.1) is 10.8 Å². The van der Waals surface area contributed by atoms with Crippen LogP contribution in [-0.4, -0.2) is 119 Å². The second kappa shape index (κ2) is 17.3. The summed E-state index contributed by atoms with van der Waals surface area (Å²) in [5.41, 5.74) is -1.15. The lowest BCUT2D eigenvalue weighted by molar-refractivity contribution is -0.348. The van der Waals surface area contributed by atoms with Crippen molar-refractivity contribution in [2.45, 2.75) is 160 Å². The lowest BCUT2D eigenvalue weighted by Crippen LogP contribution is -2.62. The first-order valence-electron chi connectivity index (χ1n) is 18.5. The van der Waals surface area contributed by atoms with Crippen LogP contribution >= 0.6 is 0 Å². The standard InChI is InChI=1S/C39H58O15/c1-22(40)31-18-28-13-25(15-34(44)49-8)20-38(46,53-28)36(3,4)10-9-27-11-24(14-33(43)48-7)12-30(51-27)21-39(47)37(5,6)32(50-23(2)41)19-29(54-39)16-26(42)17-35(45)52-31/h9-10,14-15,22,26-32,40,42,46-47H,11-13,16-21H2,1-8H3/b10-9-,24-14+,25-15+/t22-,26-,27+,28+,29-,30+,31-,32+,38-,39+/m1/s1. The third-order valence-electron chi connectivity index (χ3n) is 11.1. The van der Waals surface area contributed by atoms with Gasteiger partial charge in [0.05, 0.1) is 62.7 Å². The van der Waals surface area contributed by atoms with Crippen LogP contribution in [-0.2, 0) is 52.3 Å². The molecule has 0 amide bonds. The number of aliphatic hydroxyl groups excluding tert-OH is 2. The second-order valence-corrected chi connectivity index (χ2v) is 16.2. The Morgan fingerprint density at radius 2 is 1.48 bits per heavy atom. The van der Waals surface area contributed by atoms with Crippen molar-refractivity contribution >= 4 is 23.9 Å². The predicted molar refractivity (Wildman–Crippen MR) is 190 cm³/mol. The molecule has 4 aliphatic rings. The number of aliphatic hydroxyl groups is 4. The Kier molecular flexibility index (Phi) is 14.0. The van der Waals surface area contributed by atoms with Gasteiger partial charge in [-0.15, -0.1) is 0 Å². The van der Waals surface area contributed by atoms with Crippen molar-refractivity contribution in [2.75, 3.05) is 14.2 Å². The van der Waals surface area contributed by atoms with Crippen molar-refractivity contribution in [2.24, 2.45) is 10.8 Å². The summed E-state index contributed by atoms with van der Waals surface area (Å²) >= 11 is 0. The van der Waals surface area contributed by atoms with E-state index in [0.29, 0.717) is 11.1 Å². The topological polar surface area (TPSA) is 214 Å². The fraction of sp³-hybridized carbons (Fsp3) is 0.744. The van der Waals surface area contributed by atoms with Crippen LogP contribution in [0.5, 0.6) is 0 Å². The summed E-state index contributed by atoms with van der Waals surface area (Å²) < 4.78 is 40.3. The normalized spacial score (nSPS) is 38.7. The summed E-state index contributed by atoms with van der Waals surface area (Å²) in [6, 6.07) is 0. The van der Waals surface area contributed by atoms with Crippen molar-refractivity contribution < 1.29 is 72.8 Å². The molecule has 4 rings (SSSR count). The average Bonchev–Trinajstić information content (AvgIpc) is 3.04. The van der Waals surface area contributed by atoms with E-state index in [1.807, 2.05) is 0 Å². The van der Waals surface area contributed by atoms with Crippen LogP contribution in [0.4, 0.5) is 0 Å². The molecule has 3 saturated heterocycles. The maximum atomic E-state index is 13.2. The molecule has 0 saturated carbocycles. The molecule has 0 aromatic carbocycles. The molecular formula is C39H58O15. The minimum absolute atomic E-state index is 0.0624. The van der Waals surface area contributed by atoms with Gasteiger partial charge < -0.3 is 53.6 Å². The first-order valence-corrected chi connectivity index (χ1v) is 18.5. The van der Waals surface area contributed by atoms with Crippen molar-refractivity contribution in [1.29, 1.82) is 0 Å². The maximum Gasteiger partial charge on any atom is 0.330 e. The lowest BCUT2D eigenvalue weighted by atomic mass is 9.70. The highest BCUT2D eigenvalue weighted by atomic mass is 16.6. The van der Waals surface area contributed by atoms with Gasteiger partial charge in [0.15, 0.2) is 11.6 Å². The Labute approximate surface area is 316 Å². The van der Waals surface area contributed by atoms with Gasteiger partial charge in [-0.05, 0) is 26.2 Å². The number of ether oxygens (including phenoxy) is 7. The van der Waals surface area contributed by atoms with E-state index in [-0.39, 0.29) is 51.4 Å². The molecule has 15 heteroatoms. The number of esters is 4. The summed E-state index contributed by atoms with van der Waals surface area (Å²) in [4.78, 5) is 50.1. The summed E-state index contributed by atoms with van der Waals surface area (Å²) in [5.74, 6) is -6.48. The zero-order valence-electron chi connectivity index (χ0n) is 32.6. The Bertz CT molecular complexity index is 1480. The molecule has 0 spiro atoms. The van der Waals surface area contributed by atoms with E-state index in [1.165, 1.54) is 40.2 Å². The number of methoxy groups -OCH3 is 2. The summed E-state index contributed by atoms with van der Waals surface area (Å²) in [6.45, 7) is 9.58. The van der Waals surface area contributed by atoms with E-state index in [0.717, 1.165) is 0 Å². The van der Waals surface area contributed by atoms with Crippen LogP contribution in [0.25, 0.3) is 0 Å². The fourth-order valence-electron chi connectivity index (χ4n) is 7.73. The van der Waals surface area contributed by atoms with Crippen LogP contribution in [0.3, 0.4) is 0 Å².